The first-order valence-electron chi connectivity index (χ1n) is 7.66. The van der Waals surface area contributed by atoms with Gasteiger partial charge >= 0.3 is 7.12 Å². The highest BCUT2D eigenvalue weighted by Crippen LogP contribution is 2.33. The van der Waals surface area contributed by atoms with Crippen LogP contribution in [0.5, 0.6) is 0 Å². The third-order valence-corrected chi connectivity index (χ3v) is 4.60. The Morgan fingerprint density at radius 1 is 1.50 bits per heavy atom. The van der Waals surface area contributed by atoms with Gasteiger partial charge in [0, 0.05) is 25.2 Å². The summed E-state index contributed by atoms with van der Waals surface area (Å²) in [7, 11) is -1.19. The van der Waals surface area contributed by atoms with Crippen molar-refractivity contribution >= 4 is 13.0 Å². The highest BCUT2D eigenvalue weighted by atomic mass is 16.4. The van der Waals surface area contributed by atoms with Crippen molar-refractivity contribution < 1.29 is 14.8 Å². The van der Waals surface area contributed by atoms with E-state index in [-0.39, 0.29) is 5.91 Å². The molecule has 2 fully saturated rings. The molecule has 20 heavy (non-hydrogen) atoms. The van der Waals surface area contributed by atoms with Gasteiger partial charge in [-0.05, 0) is 32.0 Å². The highest BCUT2D eigenvalue weighted by molar-refractivity contribution is 6.40. The van der Waals surface area contributed by atoms with Gasteiger partial charge in [-0.3, -0.25) is 4.79 Å². The van der Waals surface area contributed by atoms with E-state index in [1.54, 1.807) is 6.92 Å². The second-order valence-corrected chi connectivity index (χ2v) is 6.12. The van der Waals surface area contributed by atoms with Crippen molar-refractivity contribution in [2.45, 2.75) is 57.1 Å². The smallest absolute Gasteiger partial charge is 0.427 e. The van der Waals surface area contributed by atoms with Gasteiger partial charge in [-0.25, -0.2) is 0 Å². The molecule has 2 aliphatic heterocycles. The van der Waals surface area contributed by atoms with Crippen LogP contribution < -0.4 is 11.1 Å². The predicted octanol–water partition coefficient (Wildman–Crippen LogP) is -0.834. The van der Waals surface area contributed by atoms with Gasteiger partial charge < -0.3 is 26.0 Å². The van der Waals surface area contributed by atoms with Crippen LogP contribution in [0.1, 0.15) is 32.6 Å². The summed E-state index contributed by atoms with van der Waals surface area (Å²) in [5.41, 5.74) is 5.70. The highest BCUT2D eigenvalue weighted by Gasteiger charge is 2.45. The topological polar surface area (TPSA) is 98.8 Å². The first kappa shape index (κ1) is 15.8. The molecular formula is C13H26BN3O3. The molecule has 0 saturated carbocycles. The van der Waals surface area contributed by atoms with Crippen LogP contribution in [0.25, 0.3) is 0 Å². The third-order valence-electron chi connectivity index (χ3n) is 4.60. The zero-order valence-corrected chi connectivity index (χ0v) is 12.2. The lowest BCUT2D eigenvalue weighted by Crippen LogP contribution is -2.46. The fraction of sp³-hybridized carbons (Fsp3) is 0.923. The second kappa shape index (κ2) is 6.89. The van der Waals surface area contributed by atoms with Crippen LogP contribution in [-0.4, -0.2) is 59.2 Å². The number of carbonyl (C=O) groups excluding carboxylic acids is 1. The molecule has 0 aromatic rings. The maximum absolute atomic E-state index is 12.0. The van der Waals surface area contributed by atoms with E-state index in [1.165, 1.54) is 0 Å². The summed E-state index contributed by atoms with van der Waals surface area (Å²) in [6.45, 7) is 3.43. The number of nitrogens with one attached hydrogen (secondary N) is 1. The summed E-state index contributed by atoms with van der Waals surface area (Å²) in [5, 5.41) is 21.2. The molecule has 5 N–H and O–H groups in total. The minimum Gasteiger partial charge on any atom is -0.427 e. The molecule has 1 amide bonds. The molecule has 0 aromatic heterocycles. The van der Waals surface area contributed by atoms with E-state index in [2.05, 4.69) is 5.32 Å². The number of fused-ring (bicyclic) bond motifs is 1. The van der Waals surface area contributed by atoms with E-state index in [4.69, 9.17) is 15.8 Å². The number of likely N-dealkylation sites (tertiary alicyclic amines) is 1. The molecule has 7 heteroatoms. The summed E-state index contributed by atoms with van der Waals surface area (Å²) in [5.74, 6) is 0.583. The number of unbranched alkanes of at least 4 members (excludes halogenated alkanes) is 1. The Labute approximate surface area is 120 Å². The van der Waals surface area contributed by atoms with Gasteiger partial charge in [0.1, 0.15) is 0 Å². The van der Waals surface area contributed by atoms with Crippen molar-refractivity contribution in [2.24, 2.45) is 11.7 Å². The molecule has 4 atom stereocenters. The van der Waals surface area contributed by atoms with Crippen LogP contribution in [0.3, 0.4) is 0 Å². The molecule has 0 spiro atoms. The Morgan fingerprint density at radius 3 is 2.90 bits per heavy atom. The number of rotatable bonds is 6. The number of nitrogens with two attached hydrogens (primary N) is 1. The molecule has 2 heterocycles. The molecular weight excluding hydrogens is 257 g/mol. The molecule has 2 rings (SSSR count). The van der Waals surface area contributed by atoms with Crippen molar-refractivity contribution in [1.82, 2.24) is 10.2 Å². The van der Waals surface area contributed by atoms with Gasteiger partial charge in [-0.1, -0.05) is 12.8 Å². The van der Waals surface area contributed by atoms with Gasteiger partial charge in [0.15, 0.2) is 0 Å². The summed E-state index contributed by atoms with van der Waals surface area (Å²) in [6, 6.07) is 0.322. The Bertz CT molecular complexity index is 341. The SMILES string of the molecule is C[C@@H](N)C(=O)N1CC[C@H]2[C@@H](CCCCB(O)O)NC[C@@H]21. The Hall–Kier alpha value is -0.625. The van der Waals surface area contributed by atoms with Gasteiger partial charge in [0.2, 0.25) is 5.91 Å². The minimum absolute atomic E-state index is 0.0587. The summed E-state index contributed by atoms with van der Waals surface area (Å²) >= 11 is 0. The van der Waals surface area contributed by atoms with E-state index in [0.717, 1.165) is 38.8 Å². The summed E-state index contributed by atoms with van der Waals surface area (Å²) in [6.07, 6.45) is 4.34. The predicted molar refractivity (Wildman–Crippen MR) is 77.9 cm³/mol. The Kier molecular flexibility index (Phi) is 5.43. The Morgan fingerprint density at radius 2 is 2.25 bits per heavy atom. The van der Waals surface area contributed by atoms with Crippen LogP contribution in [0.2, 0.25) is 6.32 Å². The first-order valence-corrected chi connectivity index (χ1v) is 7.66. The van der Waals surface area contributed by atoms with Crippen molar-refractivity contribution in [3.63, 3.8) is 0 Å². The second-order valence-electron chi connectivity index (χ2n) is 6.12. The van der Waals surface area contributed by atoms with Crippen molar-refractivity contribution in [3.05, 3.63) is 0 Å². The van der Waals surface area contributed by atoms with E-state index < -0.39 is 13.2 Å². The van der Waals surface area contributed by atoms with E-state index in [0.29, 0.717) is 24.3 Å². The van der Waals surface area contributed by atoms with Gasteiger partial charge in [0.25, 0.3) is 0 Å². The number of amides is 1. The largest absolute Gasteiger partial charge is 0.451 e. The van der Waals surface area contributed by atoms with E-state index in [9.17, 15) is 4.79 Å². The molecule has 0 bridgehead atoms. The standard InChI is InChI=1S/C13H26BN3O3/c1-9(15)13(18)17-7-5-10-11(16-8-12(10)17)4-2-3-6-14(19)20/h9-12,16,19-20H,2-8,15H2,1H3/t9-,10+,11-,12+/m1/s1. The van der Waals surface area contributed by atoms with Crippen molar-refractivity contribution in [3.8, 4) is 0 Å². The summed E-state index contributed by atoms with van der Waals surface area (Å²) in [4.78, 5) is 14.0. The lowest BCUT2D eigenvalue weighted by molar-refractivity contribution is -0.132. The normalized spacial score (nSPS) is 30.4. The minimum atomic E-state index is -1.19. The molecule has 0 unspecified atom stereocenters. The Balaban J connectivity index is 1.79. The molecule has 114 valence electrons. The zero-order chi connectivity index (χ0) is 14.7. The van der Waals surface area contributed by atoms with Crippen molar-refractivity contribution in [1.29, 1.82) is 0 Å². The monoisotopic (exact) mass is 283 g/mol. The van der Waals surface area contributed by atoms with E-state index >= 15 is 0 Å². The first-order chi connectivity index (χ1) is 9.50. The van der Waals surface area contributed by atoms with Crippen molar-refractivity contribution in [2.75, 3.05) is 13.1 Å². The molecule has 6 nitrogen and oxygen atoms in total. The number of hydrogen-bond acceptors (Lipinski definition) is 5. The number of nitrogens with zero attached hydrogens (tertiary/aromatic N) is 1. The lowest BCUT2D eigenvalue weighted by Gasteiger charge is -2.25. The quantitative estimate of drug-likeness (QED) is 0.376. The van der Waals surface area contributed by atoms with Crippen LogP contribution >= 0.6 is 0 Å². The van der Waals surface area contributed by atoms with Crippen LogP contribution in [0.4, 0.5) is 0 Å². The molecule has 2 aliphatic rings. The van der Waals surface area contributed by atoms with Gasteiger partial charge in [-0.15, -0.1) is 0 Å². The molecule has 2 saturated heterocycles. The maximum atomic E-state index is 12.0. The van der Waals surface area contributed by atoms with Crippen LogP contribution in [0, 0.1) is 5.92 Å². The average molecular weight is 283 g/mol. The fourth-order valence-corrected chi connectivity index (χ4v) is 3.57. The van der Waals surface area contributed by atoms with E-state index in [1.807, 2.05) is 4.90 Å². The molecule has 0 aliphatic carbocycles. The van der Waals surface area contributed by atoms with Gasteiger partial charge in [0.05, 0.1) is 6.04 Å². The van der Waals surface area contributed by atoms with Gasteiger partial charge in [-0.2, -0.15) is 0 Å². The van der Waals surface area contributed by atoms with Crippen LogP contribution in [-0.2, 0) is 4.79 Å². The molecule has 0 radical (unpaired) electrons. The lowest BCUT2D eigenvalue weighted by atomic mass is 9.82. The number of carbonyl (C=O) groups is 1. The maximum Gasteiger partial charge on any atom is 0.451 e. The number of hydrogen-bond donors (Lipinski definition) is 4. The zero-order valence-electron chi connectivity index (χ0n) is 12.2. The fourth-order valence-electron chi connectivity index (χ4n) is 3.57. The summed E-state index contributed by atoms with van der Waals surface area (Å²) < 4.78 is 0. The van der Waals surface area contributed by atoms with Crippen LogP contribution in [0.15, 0.2) is 0 Å². The average Bonchev–Trinajstić information content (AvgIpc) is 2.95. The molecule has 0 aromatic carbocycles. The third kappa shape index (κ3) is 3.52.